The van der Waals surface area contributed by atoms with Gasteiger partial charge in [-0.25, -0.2) is 8.42 Å². The zero-order valence-electron chi connectivity index (χ0n) is 20.4. The number of amides is 1. The highest BCUT2D eigenvalue weighted by atomic mass is 32.2. The summed E-state index contributed by atoms with van der Waals surface area (Å²) in [5.41, 5.74) is 6.22. The van der Waals surface area contributed by atoms with Gasteiger partial charge in [0.2, 0.25) is 10.0 Å². The first-order chi connectivity index (χ1) is 16.0. The molecule has 3 aromatic carbocycles. The van der Waals surface area contributed by atoms with E-state index in [1.54, 1.807) is 24.3 Å². The van der Waals surface area contributed by atoms with Crippen LogP contribution in [-0.2, 0) is 16.6 Å². The van der Waals surface area contributed by atoms with E-state index in [-0.39, 0.29) is 12.5 Å². The smallest absolute Gasteiger partial charge is 0.251 e. The number of hydrogen-bond acceptors (Lipinski definition) is 4. The fourth-order valence-corrected chi connectivity index (χ4v) is 4.38. The Hall–Kier alpha value is -3.32. The van der Waals surface area contributed by atoms with Gasteiger partial charge in [-0.3, -0.25) is 9.10 Å². The van der Waals surface area contributed by atoms with Crippen LogP contribution in [0.2, 0.25) is 0 Å². The third-order valence-electron chi connectivity index (χ3n) is 5.71. The summed E-state index contributed by atoms with van der Waals surface area (Å²) in [5, 5.41) is 2.85. The van der Waals surface area contributed by atoms with Gasteiger partial charge in [0.25, 0.3) is 5.91 Å². The topological polar surface area (TPSA) is 75.7 Å². The molecule has 1 N–H and O–H groups in total. The Bertz CT molecular complexity index is 1270. The van der Waals surface area contributed by atoms with Gasteiger partial charge in [0.15, 0.2) is 0 Å². The van der Waals surface area contributed by atoms with Crippen molar-refractivity contribution in [3.63, 3.8) is 0 Å². The van der Waals surface area contributed by atoms with Crippen LogP contribution < -0.4 is 14.4 Å². The summed E-state index contributed by atoms with van der Waals surface area (Å²) in [7, 11) is -3.48. The lowest BCUT2D eigenvalue weighted by molar-refractivity contribution is 0.0947. The largest absolute Gasteiger partial charge is 0.491 e. The summed E-state index contributed by atoms with van der Waals surface area (Å²) in [4.78, 5) is 12.5. The maximum absolute atomic E-state index is 12.5. The number of aryl methyl sites for hydroxylation is 4. The van der Waals surface area contributed by atoms with Crippen LogP contribution in [0, 0.1) is 27.7 Å². The Kier molecular flexibility index (Phi) is 7.99. The number of nitrogens with one attached hydrogen (secondary N) is 1. The number of hydrogen-bond donors (Lipinski definition) is 1. The minimum absolute atomic E-state index is 0.187. The standard InChI is InChI=1S/C27H32N2O4S/c1-19-6-7-21(3)26(16-19)33-15-14-28-27(30)24-11-9-23(10-12-24)18-29(34(5,31)32)25-13-8-20(2)22(4)17-25/h6-13,16-17H,14-15,18H2,1-5H3,(H,28,30). The molecule has 6 nitrogen and oxygen atoms in total. The van der Waals surface area contributed by atoms with Gasteiger partial charge >= 0.3 is 0 Å². The number of nitrogens with zero attached hydrogens (tertiary/aromatic N) is 1. The summed E-state index contributed by atoms with van der Waals surface area (Å²) < 4.78 is 32.0. The molecule has 0 aliphatic heterocycles. The Labute approximate surface area is 202 Å². The van der Waals surface area contributed by atoms with Crippen molar-refractivity contribution < 1.29 is 17.9 Å². The molecular formula is C27H32N2O4S. The molecule has 0 heterocycles. The van der Waals surface area contributed by atoms with E-state index in [4.69, 9.17) is 4.74 Å². The number of carbonyl (C=O) groups excluding carboxylic acids is 1. The Balaban J connectivity index is 1.60. The van der Waals surface area contributed by atoms with E-state index in [1.165, 1.54) is 10.6 Å². The highest BCUT2D eigenvalue weighted by Crippen LogP contribution is 2.24. The van der Waals surface area contributed by atoms with E-state index in [2.05, 4.69) is 5.32 Å². The first-order valence-electron chi connectivity index (χ1n) is 11.2. The molecule has 7 heteroatoms. The van der Waals surface area contributed by atoms with Crippen molar-refractivity contribution in [1.29, 1.82) is 0 Å². The van der Waals surface area contributed by atoms with Crippen LogP contribution in [0.5, 0.6) is 5.75 Å². The third kappa shape index (κ3) is 6.60. The number of rotatable bonds is 9. The van der Waals surface area contributed by atoms with Crippen LogP contribution >= 0.6 is 0 Å². The molecule has 0 aliphatic carbocycles. The molecule has 180 valence electrons. The molecule has 0 fully saturated rings. The van der Waals surface area contributed by atoms with Gasteiger partial charge in [0.1, 0.15) is 12.4 Å². The summed E-state index contributed by atoms with van der Waals surface area (Å²) in [5.74, 6) is 0.614. The Morgan fingerprint density at radius 2 is 1.56 bits per heavy atom. The Morgan fingerprint density at radius 1 is 0.882 bits per heavy atom. The number of anilines is 1. The van der Waals surface area contributed by atoms with E-state index in [0.717, 1.165) is 33.6 Å². The summed E-state index contributed by atoms with van der Waals surface area (Å²) in [6.45, 7) is 8.88. The summed E-state index contributed by atoms with van der Waals surface area (Å²) in [6, 6.07) is 18.6. The molecule has 0 saturated heterocycles. The zero-order valence-corrected chi connectivity index (χ0v) is 21.2. The molecule has 34 heavy (non-hydrogen) atoms. The predicted octanol–water partition coefficient (Wildman–Crippen LogP) is 4.70. The molecular weight excluding hydrogens is 448 g/mol. The van der Waals surface area contributed by atoms with Crippen LogP contribution in [0.1, 0.15) is 38.2 Å². The van der Waals surface area contributed by atoms with Crippen molar-refractivity contribution in [3.05, 3.63) is 94.0 Å². The molecule has 0 unspecified atom stereocenters. The molecule has 3 rings (SSSR count). The maximum atomic E-state index is 12.5. The van der Waals surface area contributed by atoms with Gasteiger partial charge in [-0.2, -0.15) is 0 Å². The number of ether oxygens (including phenoxy) is 1. The van der Waals surface area contributed by atoms with Gasteiger partial charge in [-0.15, -0.1) is 0 Å². The molecule has 0 aromatic heterocycles. The fourth-order valence-electron chi connectivity index (χ4n) is 3.50. The highest BCUT2D eigenvalue weighted by molar-refractivity contribution is 7.92. The predicted molar refractivity (Wildman–Crippen MR) is 137 cm³/mol. The quantitative estimate of drug-likeness (QED) is 0.451. The molecule has 0 bridgehead atoms. The van der Waals surface area contributed by atoms with Crippen LogP contribution in [0.15, 0.2) is 60.7 Å². The maximum Gasteiger partial charge on any atom is 0.251 e. The first kappa shape index (κ1) is 25.3. The minimum atomic E-state index is -3.48. The van der Waals surface area contributed by atoms with Gasteiger partial charge in [0.05, 0.1) is 25.0 Å². The van der Waals surface area contributed by atoms with E-state index in [9.17, 15) is 13.2 Å². The van der Waals surface area contributed by atoms with Crippen LogP contribution in [0.3, 0.4) is 0 Å². The van der Waals surface area contributed by atoms with Crippen molar-refractivity contribution in [2.75, 3.05) is 23.7 Å². The Morgan fingerprint density at radius 3 is 2.21 bits per heavy atom. The second-order valence-corrected chi connectivity index (χ2v) is 10.5. The fraction of sp³-hybridized carbons (Fsp3) is 0.296. The van der Waals surface area contributed by atoms with Crippen molar-refractivity contribution in [1.82, 2.24) is 5.32 Å². The number of benzene rings is 3. The summed E-state index contributed by atoms with van der Waals surface area (Å²) >= 11 is 0. The lowest BCUT2D eigenvalue weighted by atomic mass is 10.1. The lowest BCUT2D eigenvalue weighted by Gasteiger charge is -2.23. The monoisotopic (exact) mass is 480 g/mol. The van der Waals surface area contributed by atoms with Crippen LogP contribution in [0.4, 0.5) is 5.69 Å². The summed E-state index contributed by atoms with van der Waals surface area (Å²) in [6.07, 6.45) is 1.20. The van der Waals surface area contributed by atoms with E-state index < -0.39 is 10.0 Å². The van der Waals surface area contributed by atoms with Gasteiger partial charge < -0.3 is 10.1 Å². The molecule has 0 spiro atoms. The van der Waals surface area contributed by atoms with Gasteiger partial charge in [-0.05, 0) is 85.8 Å². The average molecular weight is 481 g/mol. The van der Waals surface area contributed by atoms with Crippen molar-refractivity contribution in [3.8, 4) is 5.75 Å². The third-order valence-corrected chi connectivity index (χ3v) is 6.85. The minimum Gasteiger partial charge on any atom is -0.491 e. The second kappa shape index (κ2) is 10.7. The van der Waals surface area contributed by atoms with Crippen LogP contribution in [0.25, 0.3) is 0 Å². The first-order valence-corrected chi connectivity index (χ1v) is 13.0. The van der Waals surface area contributed by atoms with E-state index in [0.29, 0.717) is 24.4 Å². The molecule has 0 atom stereocenters. The van der Waals surface area contributed by atoms with Crippen molar-refractivity contribution in [2.24, 2.45) is 0 Å². The number of sulfonamides is 1. The van der Waals surface area contributed by atoms with E-state index >= 15 is 0 Å². The molecule has 1 amide bonds. The molecule has 3 aromatic rings. The number of carbonyl (C=O) groups is 1. The SMILES string of the molecule is Cc1ccc(C)c(OCCNC(=O)c2ccc(CN(c3ccc(C)c(C)c3)S(C)(=O)=O)cc2)c1. The molecule has 0 saturated carbocycles. The van der Waals surface area contributed by atoms with Crippen molar-refractivity contribution in [2.45, 2.75) is 34.2 Å². The zero-order chi connectivity index (χ0) is 24.9. The van der Waals surface area contributed by atoms with E-state index in [1.807, 2.05) is 64.1 Å². The average Bonchev–Trinajstić information content (AvgIpc) is 2.78. The second-order valence-electron chi connectivity index (χ2n) is 8.61. The lowest BCUT2D eigenvalue weighted by Crippen LogP contribution is -2.29. The van der Waals surface area contributed by atoms with Gasteiger partial charge in [-0.1, -0.05) is 30.3 Å². The highest BCUT2D eigenvalue weighted by Gasteiger charge is 2.18. The van der Waals surface area contributed by atoms with Crippen LogP contribution in [-0.4, -0.2) is 33.7 Å². The molecule has 0 aliphatic rings. The molecule has 0 radical (unpaired) electrons. The normalized spacial score (nSPS) is 11.2. The van der Waals surface area contributed by atoms with Crippen molar-refractivity contribution >= 4 is 21.6 Å². The van der Waals surface area contributed by atoms with Gasteiger partial charge in [0, 0.05) is 5.56 Å².